The lowest BCUT2D eigenvalue weighted by molar-refractivity contribution is 0.392. The summed E-state index contributed by atoms with van der Waals surface area (Å²) in [4.78, 5) is 0. The van der Waals surface area contributed by atoms with E-state index >= 15 is 0 Å². The maximum absolute atomic E-state index is 10.9. The van der Waals surface area contributed by atoms with E-state index in [2.05, 4.69) is 11.6 Å². The summed E-state index contributed by atoms with van der Waals surface area (Å²) in [6.45, 7) is 0.908. The number of nitrogens with one attached hydrogen (secondary N) is 1. The maximum Gasteiger partial charge on any atom is 0.0357 e. The van der Waals surface area contributed by atoms with Crippen molar-refractivity contribution < 1.29 is 4.21 Å². The van der Waals surface area contributed by atoms with E-state index in [0.717, 1.165) is 17.5 Å². The molecule has 1 saturated carbocycles. The van der Waals surface area contributed by atoms with Gasteiger partial charge in [0.25, 0.3) is 0 Å². The highest BCUT2D eigenvalue weighted by Gasteiger charge is 2.23. The second-order valence-electron chi connectivity index (χ2n) is 3.90. The monoisotopic (exact) mass is 235 g/mol. The molecule has 0 aliphatic heterocycles. The minimum absolute atomic E-state index is 0.652. The summed E-state index contributed by atoms with van der Waals surface area (Å²) < 4.78 is 10.9. The third kappa shape index (κ3) is 4.32. The number of hydrogen-bond acceptors (Lipinski definition) is 3. The predicted molar refractivity (Wildman–Crippen MR) is 66.5 cm³/mol. The van der Waals surface area contributed by atoms with E-state index in [9.17, 15) is 4.21 Å². The lowest BCUT2D eigenvalue weighted by atomic mass is 9.95. The minimum Gasteiger partial charge on any atom is -0.312 e. The van der Waals surface area contributed by atoms with E-state index < -0.39 is 10.8 Å². The summed E-state index contributed by atoms with van der Waals surface area (Å²) in [5, 5.41) is 4.31. The van der Waals surface area contributed by atoms with Gasteiger partial charge in [0.1, 0.15) is 0 Å². The third-order valence-electron chi connectivity index (χ3n) is 2.80. The van der Waals surface area contributed by atoms with Crippen LogP contribution in [0.15, 0.2) is 0 Å². The number of hydrogen-bond donors (Lipinski definition) is 1. The van der Waals surface area contributed by atoms with Crippen LogP contribution in [-0.2, 0) is 10.8 Å². The van der Waals surface area contributed by atoms with Gasteiger partial charge in [0.05, 0.1) is 0 Å². The van der Waals surface area contributed by atoms with Crippen molar-refractivity contribution in [2.24, 2.45) is 0 Å². The molecule has 0 bridgehead atoms. The summed E-state index contributed by atoms with van der Waals surface area (Å²) in [6.07, 6.45) is 9.33. The molecule has 1 fully saturated rings. The molecule has 0 aromatic heterocycles. The standard InChI is InChI=1S/C10H21NOS2/c1-13-10-6-4-3-5-9(10)11-7-8-14(2)12/h9-11H,3-8H2,1-2H3. The second-order valence-corrected chi connectivity index (χ2v) is 6.53. The Hall–Kier alpha value is 0.460. The molecule has 0 saturated heterocycles. The van der Waals surface area contributed by atoms with Crippen LogP contribution in [0, 0.1) is 0 Å². The van der Waals surface area contributed by atoms with Crippen molar-refractivity contribution in [1.82, 2.24) is 5.32 Å². The van der Waals surface area contributed by atoms with Gasteiger partial charge in [0.15, 0.2) is 0 Å². The van der Waals surface area contributed by atoms with Crippen molar-refractivity contribution in [3.63, 3.8) is 0 Å². The summed E-state index contributed by atoms with van der Waals surface area (Å²) in [7, 11) is -0.652. The van der Waals surface area contributed by atoms with Crippen LogP contribution in [0.25, 0.3) is 0 Å². The van der Waals surface area contributed by atoms with E-state index in [0.29, 0.717) is 6.04 Å². The van der Waals surface area contributed by atoms with Crippen LogP contribution < -0.4 is 5.32 Å². The molecule has 3 unspecified atom stereocenters. The zero-order valence-corrected chi connectivity index (χ0v) is 10.8. The first kappa shape index (κ1) is 12.5. The van der Waals surface area contributed by atoms with Crippen molar-refractivity contribution in [2.75, 3.05) is 24.8 Å². The van der Waals surface area contributed by atoms with Gasteiger partial charge in [0.2, 0.25) is 0 Å². The van der Waals surface area contributed by atoms with Gasteiger partial charge in [-0.25, -0.2) is 0 Å². The Morgan fingerprint density at radius 3 is 2.79 bits per heavy atom. The smallest absolute Gasteiger partial charge is 0.0357 e. The molecule has 14 heavy (non-hydrogen) atoms. The molecule has 0 aromatic carbocycles. The Morgan fingerprint density at radius 1 is 1.43 bits per heavy atom. The van der Waals surface area contributed by atoms with Gasteiger partial charge < -0.3 is 5.32 Å². The Morgan fingerprint density at radius 2 is 2.14 bits per heavy atom. The molecule has 0 aromatic rings. The Labute approximate surface area is 94.1 Å². The van der Waals surface area contributed by atoms with Gasteiger partial charge in [-0.15, -0.1) is 0 Å². The molecule has 1 aliphatic carbocycles. The van der Waals surface area contributed by atoms with Crippen LogP contribution in [-0.4, -0.2) is 40.3 Å². The average Bonchev–Trinajstić information content (AvgIpc) is 2.18. The van der Waals surface area contributed by atoms with Crippen LogP contribution >= 0.6 is 11.8 Å². The van der Waals surface area contributed by atoms with Crippen molar-refractivity contribution in [1.29, 1.82) is 0 Å². The quantitative estimate of drug-likeness (QED) is 0.785. The molecule has 0 spiro atoms. The summed E-state index contributed by atoms with van der Waals surface area (Å²) in [5.74, 6) is 0.789. The molecule has 0 radical (unpaired) electrons. The van der Waals surface area contributed by atoms with Gasteiger partial charge >= 0.3 is 0 Å². The fraction of sp³-hybridized carbons (Fsp3) is 1.00. The lowest BCUT2D eigenvalue weighted by Gasteiger charge is -2.31. The second kappa shape index (κ2) is 6.85. The molecular formula is C10H21NOS2. The van der Waals surface area contributed by atoms with Gasteiger partial charge in [-0.1, -0.05) is 12.8 Å². The Balaban J connectivity index is 2.22. The Kier molecular flexibility index (Phi) is 6.13. The third-order valence-corrected chi connectivity index (χ3v) is 4.75. The summed E-state index contributed by atoms with van der Waals surface area (Å²) in [6, 6.07) is 0.655. The van der Waals surface area contributed by atoms with Gasteiger partial charge in [0, 0.05) is 40.6 Å². The van der Waals surface area contributed by atoms with E-state index in [1.165, 1.54) is 25.7 Å². The minimum atomic E-state index is -0.652. The number of thioether (sulfide) groups is 1. The lowest BCUT2D eigenvalue weighted by Crippen LogP contribution is -2.41. The van der Waals surface area contributed by atoms with Crippen molar-refractivity contribution in [2.45, 2.75) is 37.0 Å². The van der Waals surface area contributed by atoms with Crippen LogP contribution in [0.5, 0.6) is 0 Å². The Bertz CT molecular complexity index is 187. The van der Waals surface area contributed by atoms with Gasteiger partial charge in [-0.2, -0.15) is 11.8 Å². The van der Waals surface area contributed by atoms with E-state index in [-0.39, 0.29) is 0 Å². The fourth-order valence-electron chi connectivity index (χ4n) is 2.00. The fourth-order valence-corrected chi connectivity index (χ4v) is 3.37. The molecular weight excluding hydrogens is 214 g/mol. The molecule has 2 nitrogen and oxygen atoms in total. The highest BCUT2D eigenvalue weighted by molar-refractivity contribution is 7.99. The van der Waals surface area contributed by atoms with Crippen LogP contribution in [0.1, 0.15) is 25.7 Å². The van der Waals surface area contributed by atoms with E-state index in [1.54, 1.807) is 6.26 Å². The highest BCUT2D eigenvalue weighted by Crippen LogP contribution is 2.26. The van der Waals surface area contributed by atoms with Gasteiger partial charge in [-0.3, -0.25) is 4.21 Å². The van der Waals surface area contributed by atoms with Gasteiger partial charge in [-0.05, 0) is 19.1 Å². The molecule has 1 rings (SSSR count). The highest BCUT2D eigenvalue weighted by atomic mass is 32.2. The summed E-state index contributed by atoms with van der Waals surface area (Å²) in [5.41, 5.74) is 0. The normalized spacial score (nSPS) is 30.1. The predicted octanol–water partition coefficient (Wildman–Crippen LogP) is 1.63. The molecule has 4 heteroatoms. The SMILES string of the molecule is CSC1CCCCC1NCCS(C)=O. The topological polar surface area (TPSA) is 29.1 Å². The molecule has 1 aliphatic rings. The van der Waals surface area contributed by atoms with Crippen LogP contribution in [0.3, 0.4) is 0 Å². The first-order chi connectivity index (χ1) is 6.74. The average molecular weight is 235 g/mol. The number of rotatable bonds is 5. The molecule has 0 heterocycles. The first-order valence-electron chi connectivity index (χ1n) is 5.30. The molecule has 84 valence electrons. The van der Waals surface area contributed by atoms with E-state index in [1.807, 2.05) is 11.8 Å². The first-order valence-corrected chi connectivity index (χ1v) is 8.31. The van der Waals surface area contributed by atoms with Crippen molar-refractivity contribution in [3.05, 3.63) is 0 Å². The zero-order valence-electron chi connectivity index (χ0n) is 9.12. The van der Waals surface area contributed by atoms with Crippen molar-refractivity contribution >= 4 is 22.6 Å². The van der Waals surface area contributed by atoms with Crippen LogP contribution in [0.4, 0.5) is 0 Å². The summed E-state index contributed by atoms with van der Waals surface area (Å²) >= 11 is 1.97. The molecule has 1 N–H and O–H groups in total. The van der Waals surface area contributed by atoms with E-state index in [4.69, 9.17) is 0 Å². The molecule has 0 amide bonds. The maximum atomic E-state index is 10.9. The zero-order chi connectivity index (χ0) is 10.4. The van der Waals surface area contributed by atoms with Crippen molar-refractivity contribution in [3.8, 4) is 0 Å². The molecule has 3 atom stereocenters. The van der Waals surface area contributed by atoms with Crippen LogP contribution in [0.2, 0.25) is 0 Å². The largest absolute Gasteiger partial charge is 0.312 e.